The number of aromatic nitrogens is 3. The van der Waals surface area contributed by atoms with Gasteiger partial charge in [-0.05, 0) is 42.4 Å². The number of H-pyrrole nitrogens is 2. The van der Waals surface area contributed by atoms with E-state index >= 15 is 0 Å². The Balaban J connectivity index is 1.43. The average Bonchev–Trinajstić information content (AvgIpc) is 3.26. The third-order valence-electron chi connectivity index (χ3n) is 6.67. The summed E-state index contributed by atoms with van der Waals surface area (Å²) in [5.41, 5.74) is 11.1. The molecule has 2 unspecified atom stereocenters. The van der Waals surface area contributed by atoms with E-state index in [-0.39, 0.29) is 17.5 Å². The minimum Gasteiger partial charge on any atom is -0.387 e. The monoisotopic (exact) mass is 390 g/mol. The number of aromatic amines is 2. The molecule has 0 radical (unpaired) electrons. The zero-order chi connectivity index (χ0) is 20.1. The molecule has 0 saturated carbocycles. The molecule has 2 aromatic heterocycles. The third-order valence-corrected chi connectivity index (χ3v) is 6.67. The van der Waals surface area contributed by atoms with Crippen LogP contribution in [0.25, 0.3) is 21.9 Å². The van der Waals surface area contributed by atoms with Crippen LogP contribution in [0.1, 0.15) is 30.6 Å². The number of nitrogens with one attached hydrogen (secondary N) is 2. The van der Waals surface area contributed by atoms with Gasteiger partial charge in [-0.15, -0.1) is 0 Å². The molecule has 0 bridgehead atoms. The van der Waals surface area contributed by atoms with Crippen LogP contribution < -0.4 is 11.4 Å². The fourth-order valence-corrected chi connectivity index (χ4v) is 4.93. The fraction of sp³-hybridized carbons (Fsp3) is 0.348. The molecular formula is C23H26N4O2. The number of imidazole rings is 1. The maximum Gasteiger partial charge on any atom is 0.326 e. The predicted octanol–water partition coefficient (Wildman–Crippen LogP) is 3.07. The molecule has 4 atom stereocenters. The number of aliphatic hydroxyl groups excluding tert-OH is 1. The van der Waals surface area contributed by atoms with Crippen molar-refractivity contribution < 1.29 is 5.11 Å². The Hall–Kier alpha value is -2.83. The van der Waals surface area contributed by atoms with Crippen LogP contribution in [0.3, 0.4) is 0 Å². The molecule has 2 aromatic carbocycles. The van der Waals surface area contributed by atoms with E-state index in [0.717, 1.165) is 35.0 Å². The summed E-state index contributed by atoms with van der Waals surface area (Å²) >= 11 is 0. The molecule has 3 heterocycles. The van der Waals surface area contributed by atoms with Gasteiger partial charge in [0.2, 0.25) is 0 Å². The third kappa shape index (κ3) is 2.91. The molecule has 29 heavy (non-hydrogen) atoms. The van der Waals surface area contributed by atoms with Crippen LogP contribution in [0.15, 0.2) is 53.5 Å². The van der Waals surface area contributed by atoms with Crippen LogP contribution in [-0.2, 0) is 13.0 Å². The summed E-state index contributed by atoms with van der Waals surface area (Å²) in [6.07, 6.45) is 3.15. The number of rotatable bonds is 4. The molecule has 6 nitrogen and oxygen atoms in total. The van der Waals surface area contributed by atoms with Crippen molar-refractivity contribution in [2.45, 2.75) is 38.5 Å². The van der Waals surface area contributed by atoms with Gasteiger partial charge >= 0.3 is 5.69 Å². The van der Waals surface area contributed by atoms with Crippen molar-refractivity contribution in [2.24, 2.45) is 17.6 Å². The lowest BCUT2D eigenvalue weighted by Gasteiger charge is -2.30. The lowest BCUT2D eigenvalue weighted by Crippen LogP contribution is -2.41. The van der Waals surface area contributed by atoms with Gasteiger partial charge in [0.1, 0.15) is 0 Å². The molecule has 1 aliphatic rings. The van der Waals surface area contributed by atoms with Crippen molar-refractivity contribution in [3.63, 3.8) is 0 Å². The number of nitrogens with two attached hydrogens (primary N) is 1. The van der Waals surface area contributed by atoms with Gasteiger partial charge < -0.3 is 20.8 Å². The molecule has 5 N–H and O–H groups in total. The number of aliphatic hydroxyl groups is 1. The lowest BCUT2D eigenvalue weighted by molar-refractivity contribution is 0.0962. The Kier molecular flexibility index (Phi) is 4.33. The van der Waals surface area contributed by atoms with Crippen LogP contribution in [0.5, 0.6) is 0 Å². The Morgan fingerprint density at radius 1 is 1.21 bits per heavy atom. The molecule has 5 rings (SSSR count). The summed E-state index contributed by atoms with van der Waals surface area (Å²) in [7, 11) is 0. The first-order valence-electron chi connectivity index (χ1n) is 10.2. The number of hydrogen-bond acceptors (Lipinski definition) is 3. The second kappa shape index (κ2) is 6.90. The summed E-state index contributed by atoms with van der Waals surface area (Å²) < 4.78 is 1.76. The predicted molar refractivity (Wildman–Crippen MR) is 115 cm³/mol. The van der Waals surface area contributed by atoms with E-state index in [1.807, 2.05) is 24.3 Å². The first kappa shape index (κ1) is 18.2. The quantitative estimate of drug-likeness (QED) is 0.431. The molecule has 0 fully saturated rings. The first-order valence-corrected chi connectivity index (χ1v) is 10.2. The van der Waals surface area contributed by atoms with Crippen molar-refractivity contribution in [3.8, 4) is 0 Å². The van der Waals surface area contributed by atoms with Gasteiger partial charge in [-0.2, -0.15) is 0 Å². The number of nitrogens with zero attached hydrogens (tertiary/aromatic N) is 1. The van der Waals surface area contributed by atoms with Gasteiger partial charge in [-0.3, -0.25) is 4.57 Å². The highest BCUT2D eigenvalue weighted by molar-refractivity contribution is 5.83. The largest absolute Gasteiger partial charge is 0.387 e. The van der Waals surface area contributed by atoms with E-state index < -0.39 is 12.1 Å². The van der Waals surface area contributed by atoms with Gasteiger partial charge in [0.15, 0.2) is 0 Å². The van der Waals surface area contributed by atoms with Crippen molar-refractivity contribution >= 4 is 21.9 Å². The van der Waals surface area contributed by atoms with E-state index in [0.29, 0.717) is 6.54 Å². The highest BCUT2D eigenvalue weighted by Crippen LogP contribution is 2.35. The summed E-state index contributed by atoms with van der Waals surface area (Å²) in [6.45, 7) is 2.69. The summed E-state index contributed by atoms with van der Waals surface area (Å²) in [4.78, 5) is 18.8. The molecule has 4 aromatic rings. The maximum absolute atomic E-state index is 12.6. The zero-order valence-corrected chi connectivity index (χ0v) is 16.4. The number of aryl methyl sites for hydroxylation is 1. The Morgan fingerprint density at radius 2 is 2.00 bits per heavy atom. The van der Waals surface area contributed by atoms with Gasteiger partial charge in [0.05, 0.1) is 17.1 Å². The molecular weight excluding hydrogens is 364 g/mol. The molecule has 0 saturated heterocycles. The van der Waals surface area contributed by atoms with Gasteiger partial charge in [-0.1, -0.05) is 37.3 Å². The Bertz CT molecular complexity index is 1230. The SMILES string of the molecule is CC(CCc1c[nH]c2ccccc12)C1Cn2c(=O)[nH]c3cccc(c32)[C@@H](O)[C@@H]1N. The van der Waals surface area contributed by atoms with Crippen molar-refractivity contribution in [2.75, 3.05) is 0 Å². The van der Waals surface area contributed by atoms with E-state index in [9.17, 15) is 9.90 Å². The summed E-state index contributed by atoms with van der Waals surface area (Å²) in [6, 6.07) is 13.5. The minimum absolute atomic E-state index is 0.000643. The van der Waals surface area contributed by atoms with Crippen LogP contribution >= 0.6 is 0 Å². The second-order valence-electron chi connectivity index (χ2n) is 8.35. The van der Waals surface area contributed by atoms with Gasteiger partial charge in [0.25, 0.3) is 0 Å². The smallest absolute Gasteiger partial charge is 0.326 e. The van der Waals surface area contributed by atoms with Crippen molar-refractivity contribution in [1.82, 2.24) is 14.5 Å². The van der Waals surface area contributed by atoms with E-state index in [4.69, 9.17) is 5.73 Å². The van der Waals surface area contributed by atoms with E-state index in [2.05, 4.69) is 41.3 Å². The normalized spacial score (nSPS) is 22.8. The standard InChI is InChI=1S/C23H26N4O2/c1-13(9-10-14-11-25-18-7-3-2-5-15(14)18)17-12-27-21-16(22(28)20(17)24)6-4-8-19(21)26-23(27)29/h2-8,11,13,17,20,22,25,28H,9-10,12,24H2,1H3,(H,26,29)/t13?,17?,20-,22-/m1/s1. The van der Waals surface area contributed by atoms with Crippen LogP contribution in [0.2, 0.25) is 0 Å². The molecule has 150 valence electrons. The maximum atomic E-state index is 12.6. The lowest BCUT2D eigenvalue weighted by atomic mass is 9.81. The first-order chi connectivity index (χ1) is 14.0. The Labute approximate surface area is 168 Å². The van der Waals surface area contributed by atoms with Crippen molar-refractivity contribution in [3.05, 3.63) is 70.3 Å². The second-order valence-corrected chi connectivity index (χ2v) is 8.35. The summed E-state index contributed by atoms with van der Waals surface area (Å²) in [5.74, 6) is 0.249. The van der Waals surface area contributed by atoms with Crippen LogP contribution in [0, 0.1) is 11.8 Å². The van der Waals surface area contributed by atoms with Crippen LogP contribution in [0.4, 0.5) is 0 Å². The minimum atomic E-state index is -0.789. The zero-order valence-electron chi connectivity index (χ0n) is 16.4. The van der Waals surface area contributed by atoms with E-state index in [1.54, 1.807) is 4.57 Å². The molecule has 1 aliphatic heterocycles. The molecule has 0 spiro atoms. The number of para-hydroxylation sites is 2. The highest BCUT2D eigenvalue weighted by Gasteiger charge is 2.35. The van der Waals surface area contributed by atoms with E-state index in [1.165, 1.54) is 10.9 Å². The highest BCUT2D eigenvalue weighted by atomic mass is 16.3. The number of benzene rings is 2. The van der Waals surface area contributed by atoms with Gasteiger partial charge in [0, 0.05) is 35.2 Å². The summed E-state index contributed by atoms with van der Waals surface area (Å²) in [5, 5.41) is 12.2. The molecule has 0 amide bonds. The van der Waals surface area contributed by atoms with Crippen molar-refractivity contribution in [1.29, 1.82) is 0 Å². The fourth-order valence-electron chi connectivity index (χ4n) is 4.93. The average molecular weight is 390 g/mol. The van der Waals surface area contributed by atoms with Gasteiger partial charge in [-0.25, -0.2) is 4.79 Å². The Morgan fingerprint density at radius 3 is 2.86 bits per heavy atom. The topological polar surface area (TPSA) is 99.8 Å². The molecule has 6 heteroatoms. The van der Waals surface area contributed by atoms with Crippen LogP contribution in [-0.4, -0.2) is 25.7 Å². The molecule has 0 aliphatic carbocycles. The number of fused-ring (bicyclic) bond motifs is 1. The number of hydrogen-bond donors (Lipinski definition) is 4.